The highest BCUT2D eigenvalue weighted by Crippen LogP contribution is 2.34. The summed E-state index contributed by atoms with van der Waals surface area (Å²) >= 11 is 5.52. The van der Waals surface area contributed by atoms with Crippen LogP contribution in [-0.2, 0) is 4.79 Å². The van der Waals surface area contributed by atoms with Gasteiger partial charge in [-0.3, -0.25) is 4.79 Å². The summed E-state index contributed by atoms with van der Waals surface area (Å²) in [6.45, 7) is -0.0136. The molecule has 2 atom stereocenters. The molecule has 1 saturated heterocycles. The molecule has 1 fully saturated rings. The summed E-state index contributed by atoms with van der Waals surface area (Å²) in [4.78, 5) is 24.2. The van der Waals surface area contributed by atoms with Crippen LogP contribution in [0, 0.1) is 11.7 Å². The monoisotopic (exact) mass is 382 g/mol. The van der Waals surface area contributed by atoms with Gasteiger partial charge in [0.2, 0.25) is 0 Å². The lowest BCUT2D eigenvalue weighted by atomic mass is 9.98. The summed E-state index contributed by atoms with van der Waals surface area (Å²) in [6, 6.07) is -0.956. The number of hydrogen-bond donors (Lipinski definition) is 2. The van der Waals surface area contributed by atoms with Gasteiger partial charge in [-0.05, 0) is 30.5 Å². The fourth-order valence-electron chi connectivity index (χ4n) is 2.62. The van der Waals surface area contributed by atoms with Crippen LogP contribution in [-0.4, -0.2) is 41.3 Å². The van der Waals surface area contributed by atoms with Gasteiger partial charge in [0.05, 0.1) is 10.9 Å². The first-order valence-electron chi connectivity index (χ1n) is 7.39. The number of carboxylic acids is 1. The molecule has 0 bridgehead atoms. The quantitative estimate of drug-likeness (QED) is 0.785. The molecule has 0 aromatic heterocycles. The predicted molar refractivity (Wildman–Crippen MR) is 80.7 cm³/mol. The zero-order chi connectivity index (χ0) is 18.8. The van der Waals surface area contributed by atoms with Crippen LogP contribution in [0.25, 0.3) is 0 Å². The first-order valence-corrected chi connectivity index (χ1v) is 7.77. The van der Waals surface area contributed by atoms with Crippen LogP contribution in [0.15, 0.2) is 18.2 Å². The van der Waals surface area contributed by atoms with Crippen LogP contribution in [0.4, 0.5) is 22.4 Å². The van der Waals surface area contributed by atoms with E-state index in [1.807, 2.05) is 5.32 Å². The number of piperidine rings is 1. The van der Waals surface area contributed by atoms with E-state index in [9.17, 15) is 27.2 Å². The van der Waals surface area contributed by atoms with Gasteiger partial charge in [-0.2, -0.15) is 13.2 Å². The Balaban J connectivity index is 2.18. The number of urea groups is 1. The maximum absolute atomic E-state index is 13.3. The van der Waals surface area contributed by atoms with E-state index in [0.29, 0.717) is 12.8 Å². The van der Waals surface area contributed by atoms with Crippen LogP contribution < -0.4 is 5.32 Å². The second kappa shape index (κ2) is 7.47. The number of carbonyl (C=O) groups excluding carboxylic acids is 1. The molecule has 2 unspecified atom stereocenters. The second-order valence-electron chi connectivity index (χ2n) is 5.72. The predicted octanol–water partition coefficient (Wildman–Crippen LogP) is 3.59. The fraction of sp³-hybridized carbons (Fsp3) is 0.467. The molecular formula is C15H15ClF4N2O3. The molecule has 2 rings (SSSR count). The van der Waals surface area contributed by atoms with Crippen molar-refractivity contribution in [3.8, 4) is 0 Å². The molecule has 0 aliphatic carbocycles. The number of hydrogen-bond acceptors (Lipinski definition) is 2. The van der Waals surface area contributed by atoms with Crippen molar-refractivity contribution in [3.63, 3.8) is 0 Å². The number of nitrogens with zero attached hydrogens (tertiary/aromatic N) is 1. The third-order valence-corrected chi connectivity index (χ3v) is 4.22. The number of rotatable bonds is 3. The lowest BCUT2D eigenvalue weighted by molar-refractivity contribution is -0.155. The first-order chi connectivity index (χ1) is 11.6. The number of carbonyl (C=O) groups is 2. The van der Waals surface area contributed by atoms with Crippen molar-refractivity contribution in [3.05, 3.63) is 34.6 Å². The summed E-state index contributed by atoms with van der Waals surface area (Å²) in [7, 11) is 0. The molecule has 2 N–H and O–H groups in total. The Morgan fingerprint density at radius 1 is 1.36 bits per heavy atom. The maximum atomic E-state index is 13.3. The molecule has 1 aliphatic rings. The highest BCUT2D eigenvalue weighted by atomic mass is 35.5. The lowest BCUT2D eigenvalue weighted by Crippen LogP contribution is -2.50. The first kappa shape index (κ1) is 19.3. The van der Waals surface area contributed by atoms with E-state index in [1.165, 1.54) is 0 Å². The molecule has 5 nitrogen and oxygen atoms in total. The zero-order valence-corrected chi connectivity index (χ0v) is 13.6. The number of alkyl halides is 3. The van der Waals surface area contributed by atoms with Gasteiger partial charge < -0.3 is 15.3 Å². The molecule has 138 valence electrons. The number of aliphatic carboxylic acids is 1. The van der Waals surface area contributed by atoms with Crippen molar-refractivity contribution >= 4 is 23.6 Å². The van der Waals surface area contributed by atoms with Gasteiger partial charge in [0.25, 0.3) is 0 Å². The smallest absolute Gasteiger partial charge is 0.412 e. The average molecular weight is 383 g/mol. The summed E-state index contributed by atoms with van der Waals surface area (Å²) in [5.74, 6) is -2.79. The lowest BCUT2D eigenvalue weighted by Gasteiger charge is -2.32. The van der Waals surface area contributed by atoms with Gasteiger partial charge >= 0.3 is 18.2 Å². The Morgan fingerprint density at radius 2 is 2.04 bits per heavy atom. The zero-order valence-electron chi connectivity index (χ0n) is 12.8. The molecule has 25 heavy (non-hydrogen) atoms. The van der Waals surface area contributed by atoms with Crippen molar-refractivity contribution < 1.29 is 32.3 Å². The molecule has 1 heterocycles. The minimum atomic E-state index is -4.83. The fourth-order valence-corrected chi connectivity index (χ4v) is 2.81. The molecule has 2 amide bonds. The molecule has 0 saturated carbocycles. The Bertz CT molecular complexity index is 669. The van der Waals surface area contributed by atoms with E-state index in [4.69, 9.17) is 16.7 Å². The Morgan fingerprint density at radius 3 is 2.60 bits per heavy atom. The van der Waals surface area contributed by atoms with Crippen LogP contribution in [0.1, 0.15) is 24.4 Å². The van der Waals surface area contributed by atoms with E-state index in [1.54, 1.807) is 0 Å². The van der Waals surface area contributed by atoms with Crippen molar-refractivity contribution in [2.24, 2.45) is 5.92 Å². The molecule has 1 aliphatic heterocycles. The molecule has 1 aromatic carbocycles. The summed E-state index contributed by atoms with van der Waals surface area (Å²) in [5.41, 5.74) is -0.418. The van der Waals surface area contributed by atoms with E-state index in [-0.39, 0.29) is 13.1 Å². The number of benzene rings is 1. The standard InChI is InChI=1S/C15H15ClF4N2O3/c16-10-6-8(3-4-11(10)17)12(15(18,19)20)21-14(25)22-5-1-2-9(7-22)13(23)24/h3-4,6,9,12H,1-2,5,7H2,(H,21,25)(H,23,24). The van der Waals surface area contributed by atoms with E-state index < -0.39 is 46.5 Å². The third kappa shape index (κ3) is 4.75. The van der Waals surface area contributed by atoms with E-state index in [2.05, 4.69) is 0 Å². The second-order valence-corrected chi connectivity index (χ2v) is 6.13. The van der Waals surface area contributed by atoms with Crippen molar-refractivity contribution in [2.45, 2.75) is 25.1 Å². The normalized spacial score (nSPS) is 19.4. The minimum absolute atomic E-state index is 0.157. The van der Waals surface area contributed by atoms with Crippen molar-refractivity contribution in [2.75, 3.05) is 13.1 Å². The number of carboxylic acid groups (broad SMARTS) is 1. The van der Waals surface area contributed by atoms with Gasteiger partial charge in [0.15, 0.2) is 6.04 Å². The molecular weight excluding hydrogens is 368 g/mol. The van der Waals surface area contributed by atoms with Crippen molar-refractivity contribution in [1.29, 1.82) is 0 Å². The minimum Gasteiger partial charge on any atom is -0.481 e. The summed E-state index contributed by atoms with van der Waals surface area (Å²) in [5, 5.41) is 10.3. The van der Waals surface area contributed by atoms with Crippen LogP contribution in [0.5, 0.6) is 0 Å². The van der Waals surface area contributed by atoms with Crippen LogP contribution >= 0.6 is 11.6 Å². The number of halogens is 5. The molecule has 1 aromatic rings. The van der Waals surface area contributed by atoms with Gasteiger partial charge in [-0.15, -0.1) is 0 Å². The topological polar surface area (TPSA) is 69.6 Å². The van der Waals surface area contributed by atoms with Gasteiger partial charge in [-0.1, -0.05) is 17.7 Å². The van der Waals surface area contributed by atoms with Crippen molar-refractivity contribution in [1.82, 2.24) is 10.2 Å². The average Bonchev–Trinajstić information content (AvgIpc) is 2.54. The summed E-state index contributed by atoms with van der Waals surface area (Å²) in [6.07, 6.45) is -4.10. The van der Waals surface area contributed by atoms with E-state index >= 15 is 0 Å². The number of amides is 2. The van der Waals surface area contributed by atoms with Crippen LogP contribution in [0.2, 0.25) is 5.02 Å². The maximum Gasteiger partial charge on any atom is 0.412 e. The number of nitrogens with one attached hydrogen (secondary N) is 1. The van der Waals surface area contributed by atoms with Gasteiger partial charge in [0, 0.05) is 13.1 Å². The van der Waals surface area contributed by atoms with Gasteiger partial charge in [-0.25, -0.2) is 9.18 Å². The molecule has 0 spiro atoms. The Kier molecular flexibility index (Phi) is 5.76. The summed E-state index contributed by atoms with van der Waals surface area (Å²) < 4.78 is 53.1. The van der Waals surface area contributed by atoms with Crippen LogP contribution in [0.3, 0.4) is 0 Å². The SMILES string of the molecule is O=C(O)C1CCCN(C(=O)NC(c2ccc(F)c(Cl)c2)C(F)(F)F)C1. The largest absolute Gasteiger partial charge is 0.481 e. The Hall–Kier alpha value is -2.03. The van der Waals surface area contributed by atoms with E-state index in [0.717, 1.165) is 23.1 Å². The molecule has 0 radical (unpaired) electrons. The third-order valence-electron chi connectivity index (χ3n) is 3.93. The highest BCUT2D eigenvalue weighted by molar-refractivity contribution is 6.30. The highest BCUT2D eigenvalue weighted by Gasteiger charge is 2.43. The number of likely N-dealkylation sites (tertiary alicyclic amines) is 1. The Labute approximate surface area is 145 Å². The molecule has 10 heteroatoms. The van der Waals surface area contributed by atoms with Gasteiger partial charge in [0.1, 0.15) is 5.82 Å².